The van der Waals surface area contributed by atoms with E-state index in [1.807, 2.05) is 18.2 Å². The highest BCUT2D eigenvalue weighted by atomic mass is 32.2. The van der Waals surface area contributed by atoms with Crippen LogP contribution in [0.1, 0.15) is 0 Å². The Morgan fingerprint density at radius 3 is 2.79 bits per heavy atom. The van der Waals surface area contributed by atoms with E-state index < -0.39 is 0 Å². The molecule has 5 nitrogen and oxygen atoms in total. The van der Waals surface area contributed by atoms with Crippen LogP contribution in [-0.2, 0) is 4.74 Å². The minimum Gasteiger partial charge on any atom is -0.378 e. The van der Waals surface area contributed by atoms with Gasteiger partial charge in [0.1, 0.15) is 15.9 Å². The lowest BCUT2D eigenvalue weighted by Gasteiger charge is -2.27. The maximum absolute atomic E-state index is 5.34. The van der Waals surface area contributed by atoms with Crippen LogP contribution in [0.3, 0.4) is 0 Å². The molecule has 0 saturated carbocycles. The number of hydrogen-bond donors (Lipinski definition) is 0. The standard InChI is InChI=1S/C13H14N4OS/c1-2-4-15-12(3-1)19-13-10-14-9-11(16-13)17-5-7-18-8-6-17/h1-4,9-10H,5-8H2. The zero-order chi connectivity index (χ0) is 12.9. The van der Waals surface area contributed by atoms with Crippen LogP contribution in [0.5, 0.6) is 0 Å². The molecule has 1 saturated heterocycles. The third kappa shape index (κ3) is 3.21. The number of nitrogens with zero attached hydrogens (tertiary/aromatic N) is 4. The van der Waals surface area contributed by atoms with Gasteiger partial charge in [0.15, 0.2) is 0 Å². The van der Waals surface area contributed by atoms with Crippen molar-refractivity contribution in [2.75, 3.05) is 31.2 Å². The fourth-order valence-electron chi connectivity index (χ4n) is 1.85. The largest absolute Gasteiger partial charge is 0.378 e. The minimum absolute atomic E-state index is 0.749. The van der Waals surface area contributed by atoms with Gasteiger partial charge in [-0.05, 0) is 23.9 Å². The molecule has 19 heavy (non-hydrogen) atoms. The third-order valence-electron chi connectivity index (χ3n) is 2.78. The summed E-state index contributed by atoms with van der Waals surface area (Å²) >= 11 is 1.52. The number of morpholine rings is 1. The van der Waals surface area contributed by atoms with Crippen LogP contribution in [-0.4, -0.2) is 41.3 Å². The lowest BCUT2D eigenvalue weighted by molar-refractivity contribution is 0.122. The van der Waals surface area contributed by atoms with E-state index in [1.54, 1.807) is 18.6 Å². The Hall–Kier alpha value is -1.66. The Balaban J connectivity index is 1.76. The molecule has 0 amide bonds. The van der Waals surface area contributed by atoms with Crippen LogP contribution < -0.4 is 4.90 Å². The molecule has 2 aromatic heterocycles. The highest BCUT2D eigenvalue weighted by Gasteiger charge is 2.13. The summed E-state index contributed by atoms with van der Waals surface area (Å²) < 4.78 is 5.34. The van der Waals surface area contributed by atoms with Crippen molar-refractivity contribution < 1.29 is 4.74 Å². The smallest absolute Gasteiger partial charge is 0.148 e. The van der Waals surface area contributed by atoms with Crippen molar-refractivity contribution in [1.29, 1.82) is 0 Å². The molecule has 0 spiro atoms. The van der Waals surface area contributed by atoms with Gasteiger partial charge in [0.25, 0.3) is 0 Å². The molecule has 0 bridgehead atoms. The van der Waals surface area contributed by atoms with Crippen LogP contribution in [0.25, 0.3) is 0 Å². The molecule has 1 aliphatic rings. The summed E-state index contributed by atoms with van der Waals surface area (Å²) in [5.74, 6) is 0.907. The Labute approximate surface area is 116 Å². The van der Waals surface area contributed by atoms with Crippen molar-refractivity contribution in [3.63, 3.8) is 0 Å². The van der Waals surface area contributed by atoms with E-state index in [0.29, 0.717) is 0 Å². The van der Waals surface area contributed by atoms with Gasteiger partial charge >= 0.3 is 0 Å². The fraction of sp³-hybridized carbons (Fsp3) is 0.308. The number of anilines is 1. The minimum atomic E-state index is 0.749. The normalized spacial score (nSPS) is 15.5. The Bertz CT molecular complexity index is 531. The molecule has 3 heterocycles. The van der Waals surface area contributed by atoms with Crippen LogP contribution in [0.4, 0.5) is 5.82 Å². The summed E-state index contributed by atoms with van der Waals surface area (Å²) in [6, 6.07) is 5.84. The number of hydrogen-bond acceptors (Lipinski definition) is 6. The van der Waals surface area contributed by atoms with Crippen LogP contribution in [0, 0.1) is 0 Å². The van der Waals surface area contributed by atoms with Gasteiger partial charge < -0.3 is 9.64 Å². The first-order valence-electron chi connectivity index (χ1n) is 6.15. The van der Waals surface area contributed by atoms with E-state index in [9.17, 15) is 0 Å². The monoisotopic (exact) mass is 274 g/mol. The van der Waals surface area contributed by atoms with E-state index in [0.717, 1.165) is 42.2 Å². The van der Waals surface area contributed by atoms with Crippen molar-refractivity contribution in [3.8, 4) is 0 Å². The third-order valence-corrected chi connectivity index (χ3v) is 3.64. The second-order valence-corrected chi connectivity index (χ2v) is 5.13. The maximum Gasteiger partial charge on any atom is 0.148 e. The lowest BCUT2D eigenvalue weighted by atomic mass is 10.4. The van der Waals surface area contributed by atoms with Crippen LogP contribution in [0.15, 0.2) is 46.8 Å². The van der Waals surface area contributed by atoms with Gasteiger partial charge in [-0.3, -0.25) is 4.98 Å². The predicted molar refractivity (Wildman–Crippen MR) is 73.4 cm³/mol. The molecule has 0 aromatic carbocycles. The van der Waals surface area contributed by atoms with Crippen molar-refractivity contribution in [2.24, 2.45) is 0 Å². The highest BCUT2D eigenvalue weighted by molar-refractivity contribution is 7.99. The zero-order valence-electron chi connectivity index (χ0n) is 10.4. The molecular formula is C13H14N4OS. The Kier molecular flexibility index (Phi) is 3.90. The van der Waals surface area contributed by atoms with Crippen molar-refractivity contribution in [2.45, 2.75) is 10.1 Å². The van der Waals surface area contributed by atoms with Crippen molar-refractivity contribution >= 4 is 17.6 Å². The molecule has 3 rings (SSSR count). The van der Waals surface area contributed by atoms with E-state index in [1.165, 1.54) is 11.8 Å². The number of pyridine rings is 1. The average Bonchev–Trinajstić information content (AvgIpc) is 2.49. The van der Waals surface area contributed by atoms with E-state index >= 15 is 0 Å². The fourth-order valence-corrected chi connectivity index (χ4v) is 2.57. The predicted octanol–water partition coefficient (Wildman–Crippen LogP) is 1.86. The highest BCUT2D eigenvalue weighted by Crippen LogP contribution is 2.24. The quantitative estimate of drug-likeness (QED) is 0.851. The van der Waals surface area contributed by atoms with E-state index in [-0.39, 0.29) is 0 Å². The lowest BCUT2D eigenvalue weighted by Crippen LogP contribution is -2.36. The first-order valence-corrected chi connectivity index (χ1v) is 6.97. The average molecular weight is 274 g/mol. The topological polar surface area (TPSA) is 51.1 Å². The summed E-state index contributed by atoms with van der Waals surface area (Å²) in [7, 11) is 0. The Morgan fingerprint density at radius 1 is 1.11 bits per heavy atom. The molecule has 2 aromatic rings. The SMILES string of the molecule is c1ccc(Sc2cncc(N3CCOCC3)n2)nc1. The molecule has 6 heteroatoms. The molecular weight excluding hydrogens is 260 g/mol. The number of ether oxygens (including phenoxy) is 1. The van der Waals surface area contributed by atoms with Gasteiger partial charge in [-0.25, -0.2) is 9.97 Å². The second-order valence-electron chi connectivity index (χ2n) is 4.08. The second kappa shape index (κ2) is 5.99. The van der Waals surface area contributed by atoms with Crippen LogP contribution in [0.2, 0.25) is 0 Å². The van der Waals surface area contributed by atoms with Crippen molar-refractivity contribution in [3.05, 3.63) is 36.8 Å². The van der Waals surface area contributed by atoms with E-state index in [2.05, 4.69) is 19.9 Å². The summed E-state index contributed by atoms with van der Waals surface area (Å²) in [6.07, 6.45) is 5.35. The van der Waals surface area contributed by atoms with Gasteiger partial charge in [-0.15, -0.1) is 0 Å². The first-order chi connectivity index (χ1) is 9.42. The van der Waals surface area contributed by atoms with Gasteiger partial charge in [0, 0.05) is 19.3 Å². The number of rotatable bonds is 3. The molecule has 0 radical (unpaired) electrons. The summed E-state index contributed by atoms with van der Waals surface area (Å²) in [6.45, 7) is 3.23. The molecule has 98 valence electrons. The molecule has 1 aliphatic heterocycles. The Morgan fingerprint density at radius 2 is 2.00 bits per heavy atom. The van der Waals surface area contributed by atoms with Gasteiger partial charge in [0.05, 0.1) is 25.6 Å². The van der Waals surface area contributed by atoms with Gasteiger partial charge in [-0.2, -0.15) is 0 Å². The maximum atomic E-state index is 5.34. The molecule has 0 atom stereocenters. The summed E-state index contributed by atoms with van der Waals surface area (Å²) in [5, 5.41) is 1.79. The molecule has 0 N–H and O–H groups in total. The van der Waals surface area contributed by atoms with Crippen LogP contribution >= 0.6 is 11.8 Å². The summed E-state index contributed by atoms with van der Waals surface area (Å²) in [5.41, 5.74) is 0. The summed E-state index contributed by atoms with van der Waals surface area (Å²) in [4.78, 5) is 15.4. The molecule has 0 unspecified atom stereocenters. The van der Waals surface area contributed by atoms with Gasteiger partial charge in [-0.1, -0.05) is 6.07 Å². The van der Waals surface area contributed by atoms with Crippen molar-refractivity contribution in [1.82, 2.24) is 15.0 Å². The van der Waals surface area contributed by atoms with E-state index in [4.69, 9.17) is 4.74 Å². The first kappa shape index (κ1) is 12.4. The molecule has 1 fully saturated rings. The number of aromatic nitrogens is 3. The van der Waals surface area contributed by atoms with Gasteiger partial charge in [0.2, 0.25) is 0 Å². The zero-order valence-corrected chi connectivity index (χ0v) is 11.2. The molecule has 0 aliphatic carbocycles.